The average molecular weight is 500 g/mol. The second-order valence-corrected chi connectivity index (χ2v) is 10.9. The fraction of sp³-hybridized carbons (Fsp3) is 0.280. The second-order valence-electron chi connectivity index (χ2n) is 7.84. The molecule has 0 aliphatic rings. The van der Waals surface area contributed by atoms with Gasteiger partial charge in [0.2, 0.25) is 15.9 Å². The highest BCUT2D eigenvalue weighted by molar-refractivity contribution is 7.99. The fourth-order valence-corrected chi connectivity index (χ4v) is 5.77. The van der Waals surface area contributed by atoms with Crippen LogP contribution in [0.25, 0.3) is 0 Å². The Bertz CT molecular complexity index is 1330. The number of aryl methyl sites for hydroxylation is 2. The van der Waals surface area contributed by atoms with Gasteiger partial charge >= 0.3 is 0 Å². The SMILES string of the molecule is CCN(CC)S(=O)(=O)c1ccc(=O)n(CC(=O)Nc2ccc(Sc3ccc(C)c(C)c3)cc2)c1. The van der Waals surface area contributed by atoms with Crippen molar-refractivity contribution in [2.45, 2.75) is 48.9 Å². The highest BCUT2D eigenvalue weighted by Crippen LogP contribution is 2.29. The number of benzene rings is 2. The van der Waals surface area contributed by atoms with Crippen LogP contribution in [0.1, 0.15) is 25.0 Å². The Morgan fingerprint density at radius 1 is 0.941 bits per heavy atom. The molecule has 0 atom stereocenters. The van der Waals surface area contributed by atoms with Crippen molar-refractivity contribution in [2.75, 3.05) is 18.4 Å². The maximum Gasteiger partial charge on any atom is 0.251 e. The van der Waals surface area contributed by atoms with E-state index in [4.69, 9.17) is 0 Å². The van der Waals surface area contributed by atoms with Crippen LogP contribution in [0.5, 0.6) is 0 Å². The van der Waals surface area contributed by atoms with Crippen molar-refractivity contribution >= 4 is 33.4 Å². The summed E-state index contributed by atoms with van der Waals surface area (Å²) >= 11 is 1.63. The normalized spacial score (nSPS) is 11.6. The molecule has 0 aliphatic carbocycles. The minimum atomic E-state index is -3.73. The van der Waals surface area contributed by atoms with Crippen molar-refractivity contribution in [3.63, 3.8) is 0 Å². The molecule has 1 N–H and O–H groups in total. The predicted octanol–water partition coefficient (Wildman–Crippen LogP) is 4.29. The summed E-state index contributed by atoms with van der Waals surface area (Å²) in [5.74, 6) is -0.422. The minimum absolute atomic E-state index is 0.0173. The first-order valence-electron chi connectivity index (χ1n) is 11.0. The summed E-state index contributed by atoms with van der Waals surface area (Å²) in [6.07, 6.45) is 1.22. The van der Waals surface area contributed by atoms with Crippen LogP contribution in [0, 0.1) is 13.8 Å². The summed E-state index contributed by atoms with van der Waals surface area (Å²) < 4.78 is 27.9. The monoisotopic (exact) mass is 499 g/mol. The van der Waals surface area contributed by atoms with Gasteiger partial charge in [0.15, 0.2) is 0 Å². The van der Waals surface area contributed by atoms with Gasteiger partial charge in [-0.2, -0.15) is 4.31 Å². The molecule has 1 heterocycles. The molecule has 0 saturated heterocycles. The smallest absolute Gasteiger partial charge is 0.251 e. The number of hydrogen-bond acceptors (Lipinski definition) is 5. The molecule has 0 radical (unpaired) electrons. The van der Waals surface area contributed by atoms with E-state index in [0.717, 1.165) is 14.4 Å². The van der Waals surface area contributed by atoms with Crippen molar-refractivity contribution in [1.82, 2.24) is 8.87 Å². The number of hydrogen-bond donors (Lipinski definition) is 1. The Labute approximate surface area is 204 Å². The third-order valence-corrected chi connectivity index (χ3v) is 8.50. The first kappa shape index (κ1) is 25.7. The number of anilines is 1. The summed E-state index contributed by atoms with van der Waals surface area (Å²) in [6.45, 7) is 7.99. The maximum atomic E-state index is 12.7. The lowest BCUT2D eigenvalue weighted by Crippen LogP contribution is -2.33. The van der Waals surface area contributed by atoms with Crippen LogP contribution in [0.4, 0.5) is 5.69 Å². The molecule has 0 saturated carbocycles. The van der Waals surface area contributed by atoms with E-state index in [1.165, 1.54) is 33.8 Å². The maximum absolute atomic E-state index is 12.7. The Morgan fingerprint density at radius 3 is 2.21 bits per heavy atom. The van der Waals surface area contributed by atoms with Gasteiger partial charge in [-0.05, 0) is 67.4 Å². The zero-order valence-electron chi connectivity index (χ0n) is 19.7. The van der Waals surface area contributed by atoms with Crippen molar-refractivity contribution in [3.05, 3.63) is 82.3 Å². The van der Waals surface area contributed by atoms with Crippen LogP contribution in [0.3, 0.4) is 0 Å². The third kappa shape index (κ3) is 6.16. The lowest BCUT2D eigenvalue weighted by atomic mass is 10.1. The number of aromatic nitrogens is 1. The largest absolute Gasteiger partial charge is 0.325 e. The number of rotatable bonds is 9. The molecule has 7 nitrogen and oxygen atoms in total. The van der Waals surface area contributed by atoms with Crippen molar-refractivity contribution in [2.24, 2.45) is 0 Å². The number of carbonyl (C=O) groups is 1. The van der Waals surface area contributed by atoms with Crippen LogP contribution >= 0.6 is 11.8 Å². The predicted molar refractivity (Wildman–Crippen MR) is 136 cm³/mol. The molecule has 9 heteroatoms. The molecular weight excluding hydrogens is 470 g/mol. The van der Waals surface area contributed by atoms with Gasteiger partial charge in [-0.1, -0.05) is 31.7 Å². The summed E-state index contributed by atoms with van der Waals surface area (Å²) in [5.41, 5.74) is 2.62. The Morgan fingerprint density at radius 2 is 1.59 bits per heavy atom. The standard InChI is InChI=1S/C25H29N3O4S2/c1-5-28(6-2)34(31,32)23-13-14-25(30)27(16-23)17-24(29)26-20-8-11-21(12-9-20)33-22-10-7-18(3)19(4)15-22/h7-16H,5-6,17H2,1-4H3,(H,26,29). The van der Waals surface area contributed by atoms with E-state index < -0.39 is 21.5 Å². The number of sulfonamides is 1. The number of nitrogens with one attached hydrogen (secondary N) is 1. The minimum Gasteiger partial charge on any atom is -0.325 e. The first-order valence-corrected chi connectivity index (χ1v) is 13.3. The van der Waals surface area contributed by atoms with Gasteiger partial charge in [-0.25, -0.2) is 8.42 Å². The molecule has 0 aliphatic heterocycles. The molecule has 3 aromatic rings. The van der Waals surface area contributed by atoms with E-state index in [1.807, 2.05) is 12.1 Å². The molecular formula is C25H29N3O4S2. The van der Waals surface area contributed by atoms with Gasteiger partial charge in [0.05, 0.1) is 4.90 Å². The van der Waals surface area contributed by atoms with Gasteiger partial charge in [-0.3, -0.25) is 9.59 Å². The van der Waals surface area contributed by atoms with Gasteiger partial charge in [0, 0.05) is 40.8 Å². The lowest BCUT2D eigenvalue weighted by molar-refractivity contribution is -0.116. The van der Waals surface area contributed by atoms with E-state index >= 15 is 0 Å². The molecule has 1 aromatic heterocycles. The van der Waals surface area contributed by atoms with E-state index in [1.54, 1.807) is 37.7 Å². The van der Waals surface area contributed by atoms with Crippen LogP contribution in [-0.4, -0.2) is 36.3 Å². The van der Waals surface area contributed by atoms with Crippen molar-refractivity contribution in [1.29, 1.82) is 0 Å². The molecule has 0 fully saturated rings. The summed E-state index contributed by atoms with van der Waals surface area (Å²) in [5, 5.41) is 2.76. The summed E-state index contributed by atoms with van der Waals surface area (Å²) in [6, 6.07) is 16.2. The second kappa shape index (κ2) is 11.0. The third-order valence-electron chi connectivity index (χ3n) is 5.47. The highest BCUT2D eigenvalue weighted by atomic mass is 32.2. The van der Waals surface area contributed by atoms with Crippen molar-refractivity contribution in [3.8, 4) is 0 Å². The van der Waals surface area contributed by atoms with Gasteiger partial charge < -0.3 is 9.88 Å². The Kier molecular flexibility index (Phi) is 8.35. The molecule has 2 aromatic carbocycles. The van der Waals surface area contributed by atoms with Crippen LogP contribution in [0.15, 0.2) is 80.3 Å². The Balaban J connectivity index is 1.68. The molecule has 34 heavy (non-hydrogen) atoms. The van der Waals surface area contributed by atoms with Gasteiger partial charge in [0.25, 0.3) is 5.56 Å². The summed E-state index contributed by atoms with van der Waals surface area (Å²) in [7, 11) is -3.73. The Hall–Kier alpha value is -2.88. The van der Waals surface area contributed by atoms with Crippen LogP contribution in [0.2, 0.25) is 0 Å². The molecule has 0 unspecified atom stereocenters. The van der Waals surface area contributed by atoms with Gasteiger partial charge in [0.1, 0.15) is 6.54 Å². The average Bonchev–Trinajstić information content (AvgIpc) is 2.79. The fourth-order valence-electron chi connectivity index (χ4n) is 3.37. The molecule has 0 spiro atoms. The molecule has 1 amide bonds. The summed E-state index contributed by atoms with van der Waals surface area (Å²) in [4.78, 5) is 26.9. The van der Waals surface area contributed by atoms with E-state index in [9.17, 15) is 18.0 Å². The van der Waals surface area contributed by atoms with Crippen molar-refractivity contribution < 1.29 is 13.2 Å². The quantitative estimate of drug-likeness (QED) is 0.475. The van der Waals surface area contributed by atoms with Crippen LogP contribution < -0.4 is 10.9 Å². The molecule has 3 rings (SSSR count). The van der Waals surface area contributed by atoms with Crippen LogP contribution in [-0.2, 0) is 21.4 Å². The number of carbonyl (C=O) groups excluding carboxylic acids is 1. The zero-order chi connectivity index (χ0) is 24.9. The van der Waals surface area contributed by atoms with E-state index in [-0.39, 0.29) is 11.4 Å². The highest BCUT2D eigenvalue weighted by Gasteiger charge is 2.22. The van der Waals surface area contributed by atoms with E-state index in [2.05, 4.69) is 37.4 Å². The van der Waals surface area contributed by atoms with E-state index in [0.29, 0.717) is 18.8 Å². The lowest BCUT2D eigenvalue weighted by Gasteiger charge is -2.19. The van der Waals surface area contributed by atoms with Gasteiger partial charge in [-0.15, -0.1) is 0 Å². The molecule has 180 valence electrons. The number of pyridine rings is 1. The number of nitrogens with zero attached hydrogens (tertiary/aromatic N) is 2. The number of amides is 1. The zero-order valence-corrected chi connectivity index (χ0v) is 21.4. The molecule has 0 bridgehead atoms. The first-order chi connectivity index (χ1) is 16.1. The topological polar surface area (TPSA) is 88.5 Å².